The molecule has 0 amide bonds. The predicted molar refractivity (Wildman–Crippen MR) is 97.8 cm³/mol. The Kier molecular flexibility index (Phi) is 5.79. The van der Waals surface area contributed by atoms with Crippen molar-refractivity contribution in [3.05, 3.63) is 93.9 Å². The van der Waals surface area contributed by atoms with E-state index in [-0.39, 0.29) is 22.6 Å². The van der Waals surface area contributed by atoms with E-state index in [1.54, 1.807) is 6.07 Å². The third kappa shape index (κ3) is 4.72. The van der Waals surface area contributed by atoms with Crippen molar-refractivity contribution in [2.24, 2.45) is 0 Å². The van der Waals surface area contributed by atoms with Gasteiger partial charge in [-0.05, 0) is 42.5 Å². The number of rotatable bonds is 7. The second kappa shape index (κ2) is 8.61. The van der Waals surface area contributed by atoms with Crippen molar-refractivity contribution in [1.82, 2.24) is 0 Å². The number of nitro benzene ring substituents is 1. The normalized spacial score (nSPS) is 10.2. The minimum Gasteiger partial charge on any atom is -0.457 e. The molecular weight excluding hydrogens is 382 g/mol. The van der Waals surface area contributed by atoms with Crippen molar-refractivity contribution in [1.29, 1.82) is 0 Å². The van der Waals surface area contributed by atoms with Crippen molar-refractivity contribution < 1.29 is 33.2 Å². The van der Waals surface area contributed by atoms with E-state index in [1.165, 1.54) is 60.9 Å². The largest absolute Gasteiger partial charge is 0.457 e. The van der Waals surface area contributed by atoms with Gasteiger partial charge in [0.15, 0.2) is 12.4 Å². The Morgan fingerprint density at radius 1 is 0.931 bits per heavy atom. The van der Waals surface area contributed by atoms with Crippen LogP contribution in [0.4, 0.5) is 5.69 Å². The van der Waals surface area contributed by atoms with Gasteiger partial charge in [0.1, 0.15) is 11.3 Å². The first-order valence-electron chi connectivity index (χ1n) is 8.25. The molecule has 0 bridgehead atoms. The zero-order chi connectivity index (χ0) is 20.8. The number of para-hydroxylation sites is 1. The van der Waals surface area contributed by atoms with E-state index >= 15 is 0 Å². The molecule has 0 aliphatic rings. The maximum Gasteiger partial charge on any atom is 0.379 e. The lowest BCUT2D eigenvalue weighted by molar-refractivity contribution is -0.385. The topological polar surface area (TPSA) is 126 Å². The summed E-state index contributed by atoms with van der Waals surface area (Å²) in [6.07, 6.45) is 1.34. The monoisotopic (exact) mass is 395 g/mol. The summed E-state index contributed by atoms with van der Waals surface area (Å²) in [7, 11) is 0. The van der Waals surface area contributed by atoms with Crippen LogP contribution in [0, 0.1) is 10.1 Å². The Labute approximate surface area is 163 Å². The number of ether oxygens (including phenoxy) is 2. The number of carbonyl (C=O) groups excluding carboxylic acids is 3. The zero-order valence-electron chi connectivity index (χ0n) is 14.8. The van der Waals surface area contributed by atoms with Crippen molar-refractivity contribution in [2.45, 2.75) is 0 Å². The molecule has 146 valence electrons. The summed E-state index contributed by atoms with van der Waals surface area (Å²) in [5, 5.41) is 11.0. The summed E-state index contributed by atoms with van der Waals surface area (Å²) in [5.74, 6) is -1.96. The summed E-state index contributed by atoms with van der Waals surface area (Å²) < 4.78 is 14.9. The number of esters is 2. The van der Waals surface area contributed by atoms with Crippen LogP contribution in [0.15, 0.2) is 71.3 Å². The van der Waals surface area contributed by atoms with Gasteiger partial charge < -0.3 is 13.9 Å². The third-order valence-corrected chi connectivity index (χ3v) is 3.76. The highest BCUT2D eigenvalue weighted by Crippen LogP contribution is 2.19. The van der Waals surface area contributed by atoms with Gasteiger partial charge in [0.2, 0.25) is 5.76 Å². The molecule has 0 spiro atoms. The van der Waals surface area contributed by atoms with Crippen LogP contribution in [0.25, 0.3) is 0 Å². The van der Waals surface area contributed by atoms with Crippen molar-refractivity contribution >= 4 is 23.4 Å². The number of carbonyl (C=O) groups is 3. The van der Waals surface area contributed by atoms with Crippen LogP contribution in [0.1, 0.15) is 31.3 Å². The molecule has 0 N–H and O–H groups in total. The van der Waals surface area contributed by atoms with Gasteiger partial charge >= 0.3 is 11.9 Å². The first kappa shape index (κ1) is 19.5. The molecule has 0 radical (unpaired) electrons. The van der Waals surface area contributed by atoms with E-state index in [1.807, 2.05) is 0 Å². The van der Waals surface area contributed by atoms with E-state index in [2.05, 4.69) is 0 Å². The van der Waals surface area contributed by atoms with E-state index in [0.717, 1.165) is 0 Å². The fourth-order valence-corrected chi connectivity index (χ4v) is 2.36. The van der Waals surface area contributed by atoms with E-state index in [0.29, 0.717) is 0 Å². The fraction of sp³-hybridized carbons (Fsp3) is 0.0500. The van der Waals surface area contributed by atoms with Gasteiger partial charge in [-0.3, -0.25) is 14.9 Å². The lowest BCUT2D eigenvalue weighted by Gasteiger charge is -2.06. The van der Waals surface area contributed by atoms with E-state index < -0.39 is 34.9 Å². The Hall–Kier alpha value is -4.27. The van der Waals surface area contributed by atoms with E-state index in [9.17, 15) is 24.5 Å². The number of benzene rings is 2. The van der Waals surface area contributed by atoms with Gasteiger partial charge in [0, 0.05) is 11.6 Å². The van der Waals surface area contributed by atoms with Gasteiger partial charge in [-0.2, -0.15) is 0 Å². The van der Waals surface area contributed by atoms with Crippen LogP contribution in [-0.2, 0) is 4.74 Å². The standard InChI is InChI=1S/C20H13NO8/c22-17(12-28-19(23)15-4-1-2-5-16(15)21(25)26)13-7-9-14(10-8-13)29-20(24)18-6-3-11-27-18/h1-11H,12H2. The van der Waals surface area contributed by atoms with Gasteiger partial charge in [-0.25, -0.2) is 9.59 Å². The number of ketones is 1. The van der Waals surface area contributed by atoms with Crippen LogP contribution in [-0.4, -0.2) is 29.3 Å². The van der Waals surface area contributed by atoms with Gasteiger partial charge in [0.05, 0.1) is 11.2 Å². The van der Waals surface area contributed by atoms with Gasteiger partial charge in [-0.1, -0.05) is 12.1 Å². The number of nitro groups is 1. The number of furan rings is 1. The van der Waals surface area contributed by atoms with Crippen molar-refractivity contribution in [2.75, 3.05) is 6.61 Å². The molecule has 9 nitrogen and oxygen atoms in total. The first-order chi connectivity index (χ1) is 14.0. The summed E-state index contributed by atoms with van der Waals surface area (Å²) in [6.45, 7) is -0.601. The first-order valence-corrected chi connectivity index (χ1v) is 8.25. The minimum atomic E-state index is -0.977. The molecule has 9 heteroatoms. The highest BCUT2D eigenvalue weighted by molar-refractivity contribution is 6.00. The summed E-state index contributed by atoms with van der Waals surface area (Å²) in [6, 6.07) is 13.9. The van der Waals surface area contributed by atoms with Crippen molar-refractivity contribution in [3.8, 4) is 5.75 Å². The molecule has 3 rings (SSSR count). The summed E-state index contributed by atoms with van der Waals surface area (Å²) >= 11 is 0. The Morgan fingerprint density at radius 3 is 2.31 bits per heavy atom. The molecule has 0 fully saturated rings. The summed E-state index contributed by atoms with van der Waals surface area (Å²) in [4.78, 5) is 46.3. The lowest BCUT2D eigenvalue weighted by Crippen LogP contribution is -2.15. The zero-order valence-corrected chi connectivity index (χ0v) is 14.8. The quantitative estimate of drug-likeness (QED) is 0.196. The average molecular weight is 395 g/mol. The predicted octanol–water partition coefficient (Wildman–Crippen LogP) is 3.45. The number of hydrogen-bond acceptors (Lipinski definition) is 8. The second-order valence-electron chi connectivity index (χ2n) is 5.66. The third-order valence-electron chi connectivity index (χ3n) is 3.76. The molecule has 3 aromatic rings. The molecule has 0 saturated carbocycles. The molecule has 1 aromatic heterocycles. The second-order valence-corrected chi connectivity index (χ2v) is 5.66. The van der Waals surface area contributed by atoms with Crippen LogP contribution in [0.3, 0.4) is 0 Å². The van der Waals surface area contributed by atoms with Crippen LogP contribution in [0.2, 0.25) is 0 Å². The molecule has 0 aliphatic heterocycles. The number of Topliss-reactive ketones (excluding diaryl/α,β-unsaturated/α-hetero) is 1. The minimum absolute atomic E-state index is 0.0343. The van der Waals surface area contributed by atoms with Gasteiger partial charge in [-0.15, -0.1) is 0 Å². The highest BCUT2D eigenvalue weighted by Gasteiger charge is 2.21. The molecule has 0 unspecified atom stereocenters. The maximum atomic E-state index is 12.2. The SMILES string of the molecule is O=C(COC(=O)c1ccccc1[N+](=O)[O-])c1ccc(OC(=O)c2ccco2)cc1. The van der Waals surface area contributed by atoms with E-state index in [4.69, 9.17) is 13.9 Å². The smallest absolute Gasteiger partial charge is 0.379 e. The highest BCUT2D eigenvalue weighted by atomic mass is 16.6. The summed E-state index contributed by atoms with van der Waals surface area (Å²) in [5.41, 5.74) is -0.448. The molecule has 0 aliphatic carbocycles. The molecule has 1 heterocycles. The number of nitrogens with zero attached hydrogens (tertiary/aromatic N) is 1. The maximum absolute atomic E-state index is 12.2. The van der Waals surface area contributed by atoms with Crippen LogP contribution in [0.5, 0.6) is 5.75 Å². The van der Waals surface area contributed by atoms with Crippen LogP contribution < -0.4 is 4.74 Å². The molecule has 29 heavy (non-hydrogen) atoms. The number of hydrogen-bond donors (Lipinski definition) is 0. The Morgan fingerprint density at radius 2 is 1.66 bits per heavy atom. The van der Waals surface area contributed by atoms with Crippen LogP contribution >= 0.6 is 0 Å². The Bertz CT molecular complexity index is 1050. The molecule has 2 aromatic carbocycles. The Balaban J connectivity index is 1.59. The lowest BCUT2D eigenvalue weighted by atomic mass is 10.1. The van der Waals surface area contributed by atoms with Gasteiger partial charge in [0.25, 0.3) is 5.69 Å². The van der Waals surface area contributed by atoms with Crippen molar-refractivity contribution in [3.63, 3.8) is 0 Å². The molecular formula is C20H13NO8. The molecule has 0 atom stereocenters. The average Bonchev–Trinajstić information content (AvgIpc) is 3.27. The molecule has 0 saturated heterocycles. The fourth-order valence-electron chi connectivity index (χ4n) is 2.36.